The zero-order valence-electron chi connectivity index (χ0n) is 10.8. The van der Waals surface area contributed by atoms with E-state index in [0.717, 1.165) is 12.1 Å². The highest BCUT2D eigenvalue weighted by atomic mass is 19.2. The Kier molecular flexibility index (Phi) is 4.27. The Labute approximate surface area is 105 Å². The van der Waals surface area contributed by atoms with E-state index in [2.05, 4.69) is 0 Å². The van der Waals surface area contributed by atoms with E-state index in [1.807, 2.05) is 0 Å². The number of carbonyl (C=O) groups is 1. The van der Waals surface area contributed by atoms with Gasteiger partial charge in [0.05, 0.1) is 0 Å². The van der Waals surface area contributed by atoms with Crippen LogP contribution in [0.4, 0.5) is 8.78 Å². The van der Waals surface area contributed by atoms with Crippen molar-refractivity contribution in [1.29, 1.82) is 0 Å². The molecule has 0 aromatic heterocycles. The van der Waals surface area contributed by atoms with Gasteiger partial charge in [0.25, 0.3) is 0 Å². The predicted octanol–water partition coefficient (Wildman–Crippen LogP) is 3.07. The Morgan fingerprint density at radius 2 is 1.83 bits per heavy atom. The molecule has 0 heterocycles. The van der Waals surface area contributed by atoms with Crippen LogP contribution in [0.5, 0.6) is 5.75 Å². The SMILES string of the molecule is CC(Oc1ccc(F)c(F)c1)C(=O)OC(C)(C)C. The van der Waals surface area contributed by atoms with Gasteiger partial charge in [0.15, 0.2) is 17.7 Å². The van der Waals surface area contributed by atoms with Crippen LogP contribution in [0.25, 0.3) is 0 Å². The molecule has 0 amide bonds. The van der Waals surface area contributed by atoms with E-state index in [9.17, 15) is 13.6 Å². The molecule has 1 aromatic carbocycles. The minimum absolute atomic E-state index is 0.0762. The van der Waals surface area contributed by atoms with E-state index < -0.39 is 29.3 Å². The van der Waals surface area contributed by atoms with Gasteiger partial charge in [-0.3, -0.25) is 0 Å². The molecule has 0 radical (unpaired) electrons. The number of hydrogen-bond donors (Lipinski definition) is 0. The summed E-state index contributed by atoms with van der Waals surface area (Å²) in [4.78, 5) is 11.6. The lowest BCUT2D eigenvalue weighted by molar-refractivity contribution is -0.162. The lowest BCUT2D eigenvalue weighted by atomic mass is 10.2. The fourth-order valence-electron chi connectivity index (χ4n) is 1.19. The van der Waals surface area contributed by atoms with Crippen LogP contribution in [-0.4, -0.2) is 17.7 Å². The quantitative estimate of drug-likeness (QED) is 0.781. The summed E-state index contributed by atoms with van der Waals surface area (Å²) in [7, 11) is 0. The number of carbonyl (C=O) groups excluding carboxylic acids is 1. The molecular formula is C13H16F2O3. The van der Waals surface area contributed by atoms with Crippen LogP contribution in [0.15, 0.2) is 18.2 Å². The largest absolute Gasteiger partial charge is 0.479 e. The summed E-state index contributed by atoms with van der Waals surface area (Å²) >= 11 is 0. The van der Waals surface area contributed by atoms with Crippen molar-refractivity contribution in [3.05, 3.63) is 29.8 Å². The smallest absolute Gasteiger partial charge is 0.347 e. The van der Waals surface area contributed by atoms with Crippen LogP contribution in [-0.2, 0) is 9.53 Å². The van der Waals surface area contributed by atoms with Crippen molar-refractivity contribution < 1.29 is 23.0 Å². The van der Waals surface area contributed by atoms with Gasteiger partial charge in [-0.15, -0.1) is 0 Å². The van der Waals surface area contributed by atoms with Crippen LogP contribution in [0, 0.1) is 11.6 Å². The van der Waals surface area contributed by atoms with Crippen LogP contribution in [0.1, 0.15) is 27.7 Å². The van der Waals surface area contributed by atoms with Gasteiger partial charge in [-0.1, -0.05) is 0 Å². The fraction of sp³-hybridized carbons (Fsp3) is 0.462. The third-order valence-electron chi connectivity index (χ3n) is 1.94. The van der Waals surface area contributed by atoms with Crippen molar-refractivity contribution in [2.75, 3.05) is 0 Å². The monoisotopic (exact) mass is 258 g/mol. The highest BCUT2D eigenvalue weighted by Gasteiger charge is 2.23. The highest BCUT2D eigenvalue weighted by Crippen LogP contribution is 2.18. The van der Waals surface area contributed by atoms with Gasteiger partial charge in [0.1, 0.15) is 11.4 Å². The van der Waals surface area contributed by atoms with E-state index in [4.69, 9.17) is 9.47 Å². The first kappa shape index (κ1) is 14.4. The average molecular weight is 258 g/mol. The molecule has 1 aromatic rings. The zero-order valence-corrected chi connectivity index (χ0v) is 10.8. The number of rotatable bonds is 3. The third-order valence-corrected chi connectivity index (χ3v) is 1.94. The molecule has 0 fully saturated rings. The second-order valence-corrected chi connectivity index (χ2v) is 4.87. The molecule has 1 atom stereocenters. The maximum atomic E-state index is 12.9. The van der Waals surface area contributed by atoms with Gasteiger partial charge in [0.2, 0.25) is 0 Å². The molecule has 0 aliphatic heterocycles. The maximum Gasteiger partial charge on any atom is 0.347 e. The molecule has 3 nitrogen and oxygen atoms in total. The third kappa shape index (κ3) is 4.31. The minimum atomic E-state index is -1.02. The Bertz CT molecular complexity index is 438. The molecule has 5 heteroatoms. The molecule has 0 spiro atoms. The van der Waals surface area contributed by atoms with Gasteiger partial charge in [-0.25, -0.2) is 13.6 Å². The van der Waals surface area contributed by atoms with Gasteiger partial charge >= 0.3 is 5.97 Å². The second-order valence-electron chi connectivity index (χ2n) is 4.87. The van der Waals surface area contributed by atoms with Crippen LogP contribution in [0.3, 0.4) is 0 Å². The lowest BCUT2D eigenvalue weighted by Gasteiger charge is -2.22. The number of halogens is 2. The van der Waals surface area contributed by atoms with Crippen molar-refractivity contribution in [1.82, 2.24) is 0 Å². The first-order chi connectivity index (χ1) is 8.19. The standard InChI is InChI=1S/C13H16F2O3/c1-8(12(16)18-13(2,3)4)17-9-5-6-10(14)11(15)7-9/h5-8H,1-4H3. The molecule has 0 N–H and O–H groups in total. The minimum Gasteiger partial charge on any atom is -0.479 e. The molecule has 1 rings (SSSR count). The molecule has 0 aliphatic rings. The van der Waals surface area contributed by atoms with Gasteiger partial charge in [-0.05, 0) is 39.8 Å². The molecule has 0 bridgehead atoms. The average Bonchev–Trinajstić information content (AvgIpc) is 2.21. The number of benzene rings is 1. The summed E-state index contributed by atoms with van der Waals surface area (Å²) in [5.41, 5.74) is -0.622. The fourth-order valence-corrected chi connectivity index (χ4v) is 1.19. The Morgan fingerprint density at radius 3 is 2.33 bits per heavy atom. The van der Waals surface area contributed by atoms with Crippen LogP contribution >= 0.6 is 0 Å². The van der Waals surface area contributed by atoms with Gasteiger partial charge in [-0.2, -0.15) is 0 Å². The Hall–Kier alpha value is -1.65. The number of hydrogen-bond acceptors (Lipinski definition) is 3. The van der Waals surface area contributed by atoms with Crippen molar-refractivity contribution in [3.63, 3.8) is 0 Å². The van der Waals surface area contributed by atoms with Gasteiger partial charge in [0, 0.05) is 6.07 Å². The summed E-state index contributed by atoms with van der Waals surface area (Å²) in [6.07, 6.45) is -0.894. The van der Waals surface area contributed by atoms with Crippen molar-refractivity contribution >= 4 is 5.97 Å². The number of esters is 1. The Morgan fingerprint density at radius 1 is 1.22 bits per heavy atom. The normalized spacial score (nSPS) is 13.0. The summed E-state index contributed by atoms with van der Waals surface area (Å²) in [5, 5.41) is 0. The number of ether oxygens (including phenoxy) is 2. The molecule has 100 valence electrons. The van der Waals surface area contributed by atoms with Crippen molar-refractivity contribution in [2.45, 2.75) is 39.4 Å². The molecule has 18 heavy (non-hydrogen) atoms. The van der Waals surface area contributed by atoms with E-state index in [1.165, 1.54) is 13.0 Å². The predicted molar refractivity (Wildman–Crippen MR) is 62.3 cm³/mol. The molecule has 0 saturated carbocycles. The first-order valence-electron chi connectivity index (χ1n) is 5.53. The van der Waals surface area contributed by atoms with Crippen molar-refractivity contribution in [3.8, 4) is 5.75 Å². The molecule has 1 unspecified atom stereocenters. The lowest BCUT2D eigenvalue weighted by Crippen LogP contribution is -2.33. The summed E-state index contributed by atoms with van der Waals surface area (Å²) < 4.78 is 35.9. The van der Waals surface area contributed by atoms with E-state index in [-0.39, 0.29) is 5.75 Å². The van der Waals surface area contributed by atoms with Crippen LogP contribution < -0.4 is 4.74 Å². The zero-order chi connectivity index (χ0) is 13.9. The summed E-state index contributed by atoms with van der Waals surface area (Å²) in [6.45, 7) is 6.68. The summed E-state index contributed by atoms with van der Waals surface area (Å²) in [5.74, 6) is -2.48. The maximum absolute atomic E-state index is 12.9. The van der Waals surface area contributed by atoms with Crippen molar-refractivity contribution in [2.24, 2.45) is 0 Å². The summed E-state index contributed by atoms with van der Waals surface area (Å²) in [6, 6.07) is 3.07. The van der Waals surface area contributed by atoms with Gasteiger partial charge < -0.3 is 9.47 Å². The van der Waals surface area contributed by atoms with E-state index >= 15 is 0 Å². The first-order valence-corrected chi connectivity index (χ1v) is 5.53. The Balaban J connectivity index is 2.66. The molecular weight excluding hydrogens is 242 g/mol. The molecule has 0 aliphatic carbocycles. The van der Waals surface area contributed by atoms with E-state index in [0.29, 0.717) is 0 Å². The highest BCUT2D eigenvalue weighted by molar-refractivity contribution is 5.75. The van der Waals surface area contributed by atoms with E-state index in [1.54, 1.807) is 20.8 Å². The molecule has 0 saturated heterocycles. The topological polar surface area (TPSA) is 35.5 Å². The van der Waals surface area contributed by atoms with Crippen LogP contribution in [0.2, 0.25) is 0 Å². The second kappa shape index (κ2) is 5.33.